The van der Waals surface area contributed by atoms with Crippen molar-refractivity contribution < 1.29 is 22.0 Å². The van der Waals surface area contributed by atoms with Crippen LogP contribution in [0, 0.1) is 23.0 Å². The molecule has 2 amide bonds. The number of benzene rings is 2. The van der Waals surface area contributed by atoms with Crippen LogP contribution in [-0.4, -0.2) is 19.4 Å². The summed E-state index contributed by atoms with van der Waals surface area (Å²) in [5.74, 6) is -2.12. The SMILES string of the molecule is N#Cc1cc(NC(=O)NCc2ccncc2)ccc1S(=O)(=O)c1cc(F)cc(F)c1. The molecule has 0 fully saturated rings. The van der Waals surface area contributed by atoms with Gasteiger partial charge in [0.05, 0.1) is 15.4 Å². The highest BCUT2D eigenvalue weighted by atomic mass is 32.2. The number of carbonyl (C=O) groups excluding carboxylic acids is 1. The average molecular weight is 428 g/mol. The van der Waals surface area contributed by atoms with Crippen molar-refractivity contribution in [1.29, 1.82) is 5.26 Å². The van der Waals surface area contributed by atoms with E-state index in [9.17, 15) is 27.3 Å². The maximum Gasteiger partial charge on any atom is 0.319 e. The number of hydrogen-bond acceptors (Lipinski definition) is 5. The van der Waals surface area contributed by atoms with E-state index in [2.05, 4.69) is 15.6 Å². The van der Waals surface area contributed by atoms with Gasteiger partial charge in [0.25, 0.3) is 0 Å². The van der Waals surface area contributed by atoms with E-state index < -0.39 is 37.3 Å². The van der Waals surface area contributed by atoms with Crippen LogP contribution in [0.15, 0.2) is 70.7 Å². The molecule has 1 aromatic heterocycles. The molecule has 0 saturated carbocycles. The molecule has 2 aromatic carbocycles. The van der Waals surface area contributed by atoms with Gasteiger partial charge < -0.3 is 10.6 Å². The molecule has 0 bridgehead atoms. The number of rotatable bonds is 5. The van der Waals surface area contributed by atoms with Gasteiger partial charge in [-0.3, -0.25) is 4.98 Å². The fourth-order valence-electron chi connectivity index (χ4n) is 2.60. The molecule has 1 heterocycles. The van der Waals surface area contributed by atoms with E-state index in [1.54, 1.807) is 30.6 Å². The Morgan fingerprint density at radius 1 is 1.03 bits per heavy atom. The Kier molecular flexibility index (Phi) is 6.03. The number of pyridine rings is 1. The Balaban J connectivity index is 1.81. The van der Waals surface area contributed by atoms with E-state index in [1.807, 2.05) is 0 Å². The third-order valence-electron chi connectivity index (χ3n) is 4.00. The second-order valence-corrected chi connectivity index (χ2v) is 8.01. The minimum absolute atomic E-state index is 0.170. The molecule has 0 aliphatic rings. The molecular weight excluding hydrogens is 414 g/mol. The Morgan fingerprint density at radius 2 is 1.70 bits per heavy atom. The molecule has 30 heavy (non-hydrogen) atoms. The van der Waals surface area contributed by atoms with Crippen molar-refractivity contribution >= 4 is 21.6 Å². The molecule has 0 aliphatic heterocycles. The predicted molar refractivity (Wildman–Crippen MR) is 103 cm³/mol. The highest BCUT2D eigenvalue weighted by Gasteiger charge is 2.23. The van der Waals surface area contributed by atoms with Crippen LogP contribution in [0.1, 0.15) is 11.1 Å². The van der Waals surface area contributed by atoms with Gasteiger partial charge in [-0.1, -0.05) is 0 Å². The van der Waals surface area contributed by atoms with Crippen LogP contribution in [0.5, 0.6) is 0 Å². The number of halogens is 2. The lowest BCUT2D eigenvalue weighted by Crippen LogP contribution is -2.28. The zero-order chi connectivity index (χ0) is 21.7. The van der Waals surface area contributed by atoms with Gasteiger partial charge in [0.1, 0.15) is 17.7 Å². The largest absolute Gasteiger partial charge is 0.334 e. The first-order valence-corrected chi connectivity index (χ1v) is 9.97. The number of anilines is 1. The second kappa shape index (κ2) is 8.67. The number of nitriles is 1. The lowest BCUT2D eigenvalue weighted by atomic mass is 10.2. The number of urea groups is 1. The summed E-state index contributed by atoms with van der Waals surface area (Å²) in [6, 6.07) is 10.0. The van der Waals surface area contributed by atoms with Crippen LogP contribution >= 0.6 is 0 Å². The van der Waals surface area contributed by atoms with Crippen LogP contribution in [0.2, 0.25) is 0 Å². The van der Waals surface area contributed by atoms with Crippen molar-refractivity contribution in [3.05, 3.63) is 83.7 Å². The van der Waals surface area contributed by atoms with Gasteiger partial charge in [0.15, 0.2) is 0 Å². The molecule has 3 rings (SSSR count). The molecule has 0 atom stereocenters. The highest BCUT2D eigenvalue weighted by Crippen LogP contribution is 2.27. The van der Waals surface area contributed by atoms with Crippen LogP contribution in [0.4, 0.5) is 19.3 Å². The Morgan fingerprint density at radius 3 is 2.33 bits per heavy atom. The monoisotopic (exact) mass is 428 g/mol. The number of sulfone groups is 1. The lowest BCUT2D eigenvalue weighted by Gasteiger charge is -2.11. The third kappa shape index (κ3) is 4.76. The lowest BCUT2D eigenvalue weighted by molar-refractivity contribution is 0.251. The Labute approximate surface area is 170 Å². The first-order valence-electron chi connectivity index (χ1n) is 8.48. The highest BCUT2D eigenvalue weighted by molar-refractivity contribution is 7.91. The molecule has 0 aliphatic carbocycles. The molecule has 10 heteroatoms. The van der Waals surface area contributed by atoms with Gasteiger partial charge in [-0.2, -0.15) is 5.26 Å². The summed E-state index contributed by atoms with van der Waals surface area (Å²) in [6.07, 6.45) is 3.16. The molecule has 0 radical (unpaired) electrons. The number of hydrogen-bond donors (Lipinski definition) is 2. The van der Waals surface area contributed by atoms with Crippen molar-refractivity contribution in [1.82, 2.24) is 10.3 Å². The van der Waals surface area contributed by atoms with Gasteiger partial charge in [-0.05, 0) is 48.0 Å². The van der Waals surface area contributed by atoms with Crippen molar-refractivity contribution in [2.45, 2.75) is 16.3 Å². The summed E-state index contributed by atoms with van der Waals surface area (Å²) in [7, 11) is -4.35. The van der Waals surface area contributed by atoms with Crippen LogP contribution < -0.4 is 10.6 Å². The van der Waals surface area contributed by atoms with E-state index in [1.165, 1.54) is 6.07 Å². The molecule has 0 unspecified atom stereocenters. The predicted octanol–water partition coefficient (Wildman–Crippen LogP) is 3.39. The molecule has 7 nitrogen and oxygen atoms in total. The Bertz CT molecular complexity index is 1220. The van der Waals surface area contributed by atoms with Gasteiger partial charge in [-0.15, -0.1) is 0 Å². The fraction of sp³-hybridized carbons (Fsp3) is 0.0500. The van der Waals surface area contributed by atoms with Gasteiger partial charge >= 0.3 is 6.03 Å². The molecule has 152 valence electrons. The van der Waals surface area contributed by atoms with Crippen molar-refractivity contribution in [2.75, 3.05) is 5.32 Å². The Hall–Kier alpha value is -3.84. The van der Waals surface area contributed by atoms with Crippen LogP contribution in [0.25, 0.3) is 0 Å². The topological polar surface area (TPSA) is 112 Å². The first kappa shape index (κ1) is 20.9. The van der Waals surface area contributed by atoms with Gasteiger partial charge in [-0.25, -0.2) is 22.0 Å². The third-order valence-corrected chi connectivity index (χ3v) is 5.79. The van der Waals surface area contributed by atoms with Crippen molar-refractivity contribution in [2.24, 2.45) is 0 Å². The summed E-state index contributed by atoms with van der Waals surface area (Å²) in [5.41, 5.74) is 0.705. The van der Waals surface area contributed by atoms with Gasteiger partial charge in [0, 0.05) is 30.7 Å². The average Bonchev–Trinajstić information content (AvgIpc) is 2.72. The number of aromatic nitrogens is 1. The standard InChI is InChI=1S/C20H14F2N4O3S/c21-15-8-16(22)10-18(9-15)30(28,29)19-2-1-17(7-14(19)11-23)26-20(27)25-12-13-3-5-24-6-4-13/h1-10H,12H2,(H2,25,26,27). The van der Waals surface area contributed by atoms with E-state index in [0.717, 1.165) is 17.7 Å². The van der Waals surface area contributed by atoms with E-state index in [-0.39, 0.29) is 17.8 Å². The zero-order valence-electron chi connectivity index (χ0n) is 15.3. The number of carbonyl (C=O) groups is 1. The molecule has 0 spiro atoms. The van der Waals surface area contributed by atoms with Crippen LogP contribution in [-0.2, 0) is 16.4 Å². The minimum atomic E-state index is -4.35. The van der Waals surface area contributed by atoms with Crippen LogP contribution in [0.3, 0.4) is 0 Å². The quantitative estimate of drug-likeness (QED) is 0.647. The normalized spacial score (nSPS) is 10.8. The number of nitrogens with one attached hydrogen (secondary N) is 2. The maximum atomic E-state index is 13.4. The second-order valence-electron chi connectivity index (χ2n) is 6.09. The summed E-state index contributed by atoms with van der Waals surface area (Å²) in [4.78, 5) is 14.9. The summed E-state index contributed by atoms with van der Waals surface area (Å²) in [6.45, 7) is 0.233. The molecule has 0 saturated heterocycles. The van der Waals surface area contributed by atoms with E-state index in [4.69, 9.17) is 0 Å². The maximum absolute atomic E-state index is 13.4. The minimum Gasteiger partial charge on any atom is -0.334 e. The van der Waals surface area contributed by atoms with Crippen molar-refractivity contribution in [3.8, 4) is 6.07 Å². The van der Waals surface area contributed by atoms with Crippen molar-refractivity contribution in [3.63, 3.8) is 0 Å². The van der Waals surface area contributed by atoms with E-state index >= 15 is 0 Å². The summed E-state index contributed by atoms with van der Waals surface area (Å²) >= 11 is 0. The number of nitrogens with zero attached hydrogens (tertiary/aromatic N) is 2. The molecular formula is C20H14F2N4O3S. The summed E-state index contributed by atoms with van der Waals surface area (Å²) in [5, 5.41) is 14.4. The number of amides is 2. The van der Waals surface area contributed by atoms with E-state index in [0.29, 0.717) is 18.2 Å². The smallest absolute Gasteiger partial charge is 0.319 e. The zero-order valence-corrected chi connectivity index (χ0v) is 16.1. The first-order chi connectivity index (χ1) is 14.3. The summed E-state index contributed by atoms with van der Waals surface area (Å²) < 4.78 is 52.3. The molecule has 2 N–H and O–H groups in total. The fourth-order valence-corrected chi connectivity index (χ4v) is 4.03. The molecule has 3 aromatic rings. The van der Waals surface area contributed by atoms with Gasteiger partial charge in [0.2, 0.25) is 9.84 Å².